The molecule has 0 radical (unpaired) electrons. The third kappa shape index (κ3) is 4.05. The molecule has 0 saturated heterocycles. The van der Waals surface area contributed by atoms with E-state index in [1.807, 2.05) is 37.3 Å². The minimum Gasteiger partial charge on any atom is -0.493 e. The maximum atomic E-state index is 5.98. The second-order valence-corrected chi connectivity index (χ2v) is 5.85. The summed E-state index contributed by atoms with van der Waals surface area (Å²) >= 11 is 15.4. The first kappa shape index (κ1) is 15.5. The Morgan fingerprint density at radius 1 is 1.10 bits per heavy atom. The highest BCUT2D eigenvalue weighted by molar-refractivity contribution is 9.10. The molecule has 0 atom stereocenters. The van der Waals surface area contributed by atoms with Gasteiger partial charge < -0.3 is 10.1 Å². The van der Waals surface area contributed by atoms with Crippen LogP contribution in [-0.4, -0.2) is 6.61 Å². The molecule has 106 valence electrons. The van der Waals surface area contributed by atoms with Crippen molar-refractivity contribution in [3.8, 4) is 5.75 Å². The normalized spacial score (nSPS) is 10.4. The molecule has 0 amide bonds. The van der Waals surface area contributed by atoms with Crippen LogP contribution in [0.4, 0.5) is 5.69 Å². The summed E-state index contributed by atoms with van der Waals surface area (Å²) < 4.78 is 6.44. The summed E-state index contributed by atoms with van der Waals surface area (Å²) in [7, 11) is 0. The summed E-state index contributed by atoms with van der Waals surface area (Å²) in [5.41, 5.74) is 2.08. The number of rotatable bonds is 5. The van der Waals surface area contributed by atoms with E-state index in [9.17, 15) is 0 Å². The predicted molar refractivity (Wildman–Crippen MR) is 89.1 cm³/mol. The summed E-state index contributed by atoms with van der Waals surface area (Å²) in [6.07, 6.45) is 0. The minimum absolute atomic E-state index is 0.546. The Balaban J connectivity index is 2.03. The molecule has 0 saturated carbocycles. The Labute approximate surface area is 137 Å². The average molecular weight is 375 g/mol. The number of benzene rings is 2. The number of nitrogens with one attached hydrogen (secondary N) is 1. The van der Waals surface area contributed by atoms with Gasteiger partial charge in [0.2, 0.25) is 0 Å². The number of halogens is 3. The zero-order valence-corrected chi connectivity index (χ0v) is 14.0. The maximum absolute atomic E-state index is 5.98. The van der Waals surface area contributed by atoms with Crippen molar-refractivity contribution in [1.82, 2.24) is 0 Å². The zero-order chi connectivity index (χ0) is 14.5. The standard InChI is InChI=1S/C15H14BrCl2NO/c1-2-20-15-6-3-10(7-12(15)16)9-19-11-4-5-13(17)14(18)8-11/h3-8,19H,2,9H2,1H3. The lowest BCUT2D eigenvalue weighted by atomic mass is 10.2. The molecule has 0 aromatic heterocycles. The van der Waals surface area contributed by atoms with Crippen LogP contribution in [0, 0.1) is 0 Å². The summed E-state index contributed by atoms with van der Waals surface area (Å²) in [5.74, 6) is 0.853. The lowest BCUT2D eigenvalue weighted by molar-refractivity contribution is 0.338. The van der Waals surface area contributed by atoms with Crippen molar-refractivity contribution in [2.45, 2.75) is 13.5 Å². The van der Waals surface area contributed by atoms with Crippen LogP contribution in [0.25, 0.3) is 0 Å². The van der Waals surface area contributed by atoms with Gasteiger partial charge in [-0.25, -0.2) is 0 Å². The molecular formula is C15H14BrCl2NO. The Morgan fingerprint density at radius 2 is 1.90 bits per heavy atom. The molecule has 1 N–H and O–H groups in total. The monoisotopic (exact) mass is 373 g/mol. The van der Waals surface area contributed by atoms with Gasteiger partial charge in [0.25, 0.3) is 0 Å². The third-order valence-corrected chi connectivity index (χ3v) is 4.07. The van der Waals surface area contributed by atoms with Gasteiger partial charge in [-0.15, -0.1) is 0 Å². The molecule has 0 aliphatic carbocycles. The minimum atomic E-state index is 0.546. The number of anilines is 1. The summed E-state index contributed by atoms with van der Waals surface area (Å²) in [4.78, 5) is 0. The summed E-state index contributed by atoms with van der Waals surface area (Å²) in [5, 5.41) is 4.41. The van der Waals surface area contributed by atoms with Crippen LogP contribution in [0.15, 0.2) is 40.9 Å². The first-order valence-corrected chi connectivity index (χ1v) is 7.75. The zero-order valence-electron chi connectivity index (χ0n) is 10.9. The van der Waals surface area contributed by atoms with E-state index >= 15 is 0 Å². The van der Waals surface area contributed by atoms with E-state index in [0.717, 1.165) is 21.5 Å². The van der Waals surface area contributed by atoms with Crippen molar-refractivity contribution in [3.05, 3.63) is 56.5 Å². The van der Waals surface area contributed by atoms with E-state index in [0.29, 0.717) is 23.2 Å². The molecule has 0 fully saturated rings. The Hall–Kier alpha value is -0.900. The topological polar surface area (TPSA) is 21.3 Å². The molecule has 5 heteroatoms. The fourth-order valence-electron chi connectivity index (χ4n) is 1.74. The largest absolute Gasteiger partial charge is 0.493 e. The summed E-state index contributed by atoms with van der Waals surface area (Å²) in [6, 6.07) is 11.5. The predicted octanol–water partition coefficient (Wildman–Crippen LogP) is 5.77. The first-order chi connectivity index (χ1) is 9.60. The van der Waals surface area contributed by atoms with Crippen LogP contribution in [0.2, 0.25) is 10.0 Å². The van der Waals surface area contributed by atoms with Gasteiger partial charge in [-0.2, -0.15) is 0 Å². The lowest BCUT2D eigenvalue weighted by Crippen LogP contribution is -2.00. The molecule has 0 aliphatic heterocycles. The van der Waals surface area contributed by atoms with Crippen LogP contribution in [-0.2, 0) is 6.54 Å². The maximum Gasteiger partial charge on any atom is 0.133 e. The molecule has 0 heterocycles. The highest BCUT2D eigenvalue weighted by Crippen LogP contribution is 2.27. The second-order valence-electron chi connectivity index (χ2n) is 4.18. The van der Waals surface area contributed by atoms with Gasteiger partial charge in [0.15, 0.2) is 0 Å². The van der Waals surface area contributed by atoms with E-state index in [2.05, 4.69) is 21.2 Å². The van der Waals surface area contributed by atoms with Gasteiger partial charge in [0, 0.05) is 12.2 Å². The van der Waals surface area contributed by atoms with Crippen molar-refractivity contribution in [2.75, 3.05) is 11.9 Å². The van der Waals surface area contributed by atoms with Crippen molar-refractivity contribution >= 4 is 44.8 Å². The van der Waals surface area contributed by atoms with E-state index < -0.39 is 0 Å². The van der Waals surface area contributed by atoms with Crippen LogP contribution < -0.4 is 10.1 Å². The SMILES string of the molecule is CCOc1ccc(CNc2ccc(Cl)c(Cl)c2)cc1Br. The van der Waals surface area contributed by atoms with Crippen LogP contribution in [0.3, 0.4) is 0 Å². The van der Waals surface area contributed by atoms with Crippen molar-refractivity contribution in [3.63, 3.8) is 0 Å². The van der Waals surface area contributed by atoms with Crippen molar-refractivity contribution in [2.24, 2.45) is 0 Å². The van der Waals surface area contributed by atoms with Gasteiger partial charge in [0.1, 0.15) is 5.75 Å². The third-order valence-electron chi connectivity index (χ3n) is 2.71. The molecule has 2 aromatic carbocycles. The molecule has 2 rings (SSSR count). The number of hydrogen-bond acceptors (Lipinski definition) is 2. The lowest BCUT2D eigenvalue weighted by Gasteiger charge is -2.10. The van der Waals surface area contributed by atoms with E-state index in [4.69, 9.17) is 27.9 Å². The Kier molecular flexibility index (Phi) is 5.58. The molecule has 20 heavy (non-hydrogen) atoms. The van der Waals surface area contributed by atoms with Crippen LogP contribution in [0.1, 0.15) is 12.5 Å². The van der Waals surface area contributed by atoms with Crippen molar-refractivity contribution < 1.29 is 4.74 Å². The van der Waals surface area contributed by atoms with Gasteiger partial charge in [-0.1, -0.05) is 29.3 Å². The van der Waals surface area contributed by atoms with Crippen molar-refractivity contribution in [1.29, 1.82) is 0 Å². The Bertz CT molecular complexity index is 604. The Morgan fingerprint density at radius 3 is 2.55 bits per heavy atom. The average Bonchev–Trinajstić information content (AvgIpc) is 2.43. The van der Waals surface area contributed by atoms with Gasteiger partial charge in [-0.05, 0) is 58.7 Å². The fourth-order valence-corrected chi connectivity index (χ4v) is 2.58. The van der Waals surface area contributed by atoms with Gasteiger partial charge >= 0.3 is 0 Å². The highest BCUT2D eigenvalue weighted by atomic mass is 79.9. The first-order valence-electron chi connectivity index (χ1n) is 6.20. The van der Waals surface area contributed by atoms with E-state index in [-0.39, 0.29) is 0 Å². The molecule has 0 aliphatic rings. The number of ether oxygens (including phenoxy) is 1. The second kappa shape index (κ2) is 7.21. The van der Waals surface area contributed by atoms with Gasteiger partial charge in [-0.3, -0.25) is 0 Å². The fraction of sp³-hybridized carbons (Fsp3) is 0.200. The van der Waals surface area contributed by atoms with Crippen LogP contribution in [0.5, 0.6) is 5.75 Å². The highest BCUT2D eigenvalue weighted by Gasteiger charge is 2.03. The van der Waals surface area contributed by atoms with Crippen LogP contribution >= 0.6 is 39.1 Å². The molecular weight excluding hydrogens is 361 g/mol. The summed E-state index contributed by atoms with van der Waals surface area (Å²) in [6.45, 7) is 3.31. The quantitative estimate of drug-likeness (QED) is 0.717. The smallest absolute Gasteiger partial charge is 0.133 e. The van der Waals surface area contributed by atoms with Gasteiger partial charge in [0.05, 0.1) is 21.1 Å². The van der Waals surface area contributed by atoms with E-state index in [1.165, 1.54) is 0 Å². The molecule has 2 nitrogen and oxygen atoms in total. The molecule has 0 unspecified atom stereocenters. The molecule has 0 spiro atoms. The number of hydrogen-bond donors (Lipinski definition) is 1. The molecule has 0 bridgehead atoms. The van der Waals surface area contributed by atoms with E-state index in [1.54, 1.807) is 6.07 Å². The molecule has 2 aromatic rings.